The second-order valence-corrected chi connectivity index (χ2v) is 8.62. The van der Waals surface area contributed by atoms with Crippen molar-refractivity contribution in [3.63, 3.8) is 0 Å². The van der Waals surface area contributed by atoms with Gasteiger partial charge in [0, 0.05) is 11.1 Å². The predicted octanol–water partition coefficient (Wildman–Crippen LogP) is 3.90. The summed E-state index contributed by atoms with van der Waals surface area (Å²) in [6.07, 6.45) is 6.69. The summed E-state index contributed by atoms with van der Waals surface area (Å²) in [4.78, 5) is 5.04. The van der Waals surface area contributed by atoms with Gasteiger partial charge in [0.1, 0.15) is 18.0 Å². The van der Waals surface area contributed by atoms with E-state index >= 15 is 0 Å². The summed E-state index contributed by atoms with van der Waals surface area (Å²) in [5, 5.41) is 9.61. The minimum Gasteiger partial charge on any atom is -0.493 e. The Hall–Kier alpha value is -3.30. The van der Waals surface area contributed by atoms with E-state index in [2.05, 4.69) is 4.98 Å². The summed E-state index contributed by atoms with van der Waals surface area (Å²) in [6, 6.07) is 14.7. The molecule has 0 aliphatic carbocycles. The molecule has 4 rings (SSSR count). The third-order valence-corrected chi connectivity index (χ3v) is 6.11. The van der Waals surface area contributed by atoms with Crippen molar-refractivity contribution in [2.45, 2.75) is 6.61 Å². The van der Waals surface area contributed by atoms with E-state index in [1.54, 1.807) is 29.9 Å². The maximum atomic E-state index is 12.3. The Morgan fingerprint density at radius 2 is 2.00 bits per heavy atom. The number of aromatic nitrogens is 1. The number of aliphatic hydroxyl groups is 1. The topological polar surface area (TPSA) is 91.8 Å². The molecule has 0 saturated heterocycles. The number of anilines is 1. The normalized spacial score (nSPS) is 15.3. The van der Waals surface area contributed by atoms with Crippen LogP contribution < -0.4 is 13.8 Å². The minimum absolute atomic E-state index is 0.271. The number of aliphatic hydroxyl groups excluding tert-OH is 1. The number of nitrogens with one attached hydrogen (secondary N) is 1. The van der Waals surface area contributed by atoms with Gasteiger partial charge in [-0.3, -0.25) is 4.98 Å². The summed E-state index contributed by atoms with van der Waals surface area (Å²) >= 11 is 1.52. The first-order chi connectivity index (χ1) is 14.0. The zero-order valence-electron chi connectivity index (χ0n) is 15.1. The molecule has 1 aromatic heterocycles. The molecular formula is C20H17N3O4S2. The molecule has 3 aromatic rings. The fraction of sp³-hybridized carbons (Fsp3) is 0.0500. The molecule has 0 atom stereocenters. The molecule has 0 saturated carbocycles. The molecule has 7 nitrogen and oxygen atoms in total. The SMILES string of the molecule is O=S1(=O)NC(O)=CN1c1ccc(C=Cc2cncs2)cc1OCc1ccccc1. The van der Waals surface area contributed by atoms with Crippen molar-refractivity contribution in [3.05, 3.63) is 88.3 Å². The molecule has 0 unspecified atom stereocenters. The lowest BCUT2D eigenvalue weighted by Crippen LogP contribution is -2.29. The molecule has 2 aromatic carbocycles. The largest absolute Gasteiger partial charge is 0.493 e. The Morgan fingerprint density at radius 3 is 2.69 bits per heavy atom. The van der Waals surface area contributed by atoms with E-state index in [1.807, 2.05) is 47.2 Å². The van der Waals surface area contributed by atoms with E-state index in [9.17, 15) is 13.5 Å². The third kappa shape index (κ3) is 4.41. The molecule has 0 bridgehead atoms. The van der Waals surface area contributed by atoms with Crippen LogP contribution in [0.15, 0.2) is 72.3 Å². The van der Waals surface area contributed by atoms with E-state index in [-0.39, 0.29) is 6.61 Å². The molecule has 0 fully saturated rings. The van der Waals surface area contributed by atoms with Gasteiger partial charge >= 0.3 is 10.2 Å². The fourth-order valence-electron chi connectivity index (χ4n) is 2.74. The minimum atomic E-state index is -3.92. The highest BCUT2D eigenvalue weighted by Crippen LogP contribution is 2.34. The molecule has 0 amide bonds. The highest BCUT2D eigenvalue weighted by atomic mass is 32.2. The van der Waals surface area contributed by atoms with E-state index in [0.29, 0.717) is 11.4 Å². The van der Waals surface area contributed by atoms with Gasteiger partial charge in [0.15, 0.2) is 0 Å². The van der Waals surface area contributed by atoms with E-state index in [0.717, 1.165) is 26.5 Å². The van der Waals surface area contributed by atoms with Crippen molar-refractivity contribution in [2.75, 3.05) is 4.31 Å². The van der Waals surface area contributed by atoms with Gasteiger partial charge in [-0.25, -0.2) is 9.03 Å². The molecule has 1 aliphatic rings. The van der Waals surface area contributed by atoms with Gasteiger partial charge in [-0.1, -0.05) is 42.5 Å². The van der Waals surface area contributed by atoms with Gasteiger partial charge in [0.25, 0.3) is 0 Å². The van der Waals surface area contributed by atoms with Gasteiger partial charge in [0.05, 0.1) is 11.7 Å². The Kier molecular flexibility index (Phi) is 5.24. The zero-order chi connectivity index (χ0) is 20.3. The van der Waals surface area contributed by atoms with Crippen LogP contribution in [0.25, 0.3) is 12.2 Å². The van der Waals surface area contributed by atoms with Gasteiger partial charge in [-0.15, -0.1) is 11.3 Å². The van der Waals surface area contributed by atoms with Gasteiger partial charge in [-0.05, 0) is 29.3 Å². The first-order valence-corrected chi connectivity index (χ1v) is 10.9. The summed E-state index contributed by atoms with van der Waals surface area (Å²) in [7, 11) is -3.92. The van der Waals surface area contributed by atoms with Crippen molar-refractivity contribution in [1.82, 2.24) is 9.71 Å². The number of hydrogen-bond donors (Lipinski definition) is 2. The Bertz CT molecular complexity index is 1160. The van der Waals surface area contributed by atoms with Crippen molar-refractivity contribution in [3.8, 4) is 5.75 Å². The van der Waals surface area contributed by atoms with Crippen LogP contribution in [0.4, 0.5) is 5.69 Å². The molecule has 2 heterocycles. The molecule has 1 aliphatic heterocycles. The second-order valence-electron chi connectivity index (χ2n) is 6.16. The van der Waals surface area contributed by atoms with Crippen LogP contribution in [0.3, 0.4) is 0 Å². The van der Waals surface area contributed by atoms with Gasteiger partial charge in [-0.2, -0.15) is 8.42 Å². The van der Waals surface area contributed by atoms with Gasteiger partial charge in [0.2, 0.25) is 5.88 Å². The standard InChI is InChI=1S/C20H17N3O4S2/c24-20-12-23(29(25,26)22-20)18-9-7-15(6-8-17-11-21-14-28-17)10-19(18)27-13-16-4-2-1-3-5-16/h1-12,14,22,24H,13H2. The smallest absolute Gasteiger partial charge is 0.330 e. The number of rotatable bonds is 6. The number of benzene rings is 2. The quantitative estimate of drug-likeness (QED) is 0.622. The first-order valence-electron chi connectivity index (χ1n) is 8.61. The molecule has 148 valence electrons. The molecular weight excluding hydrogens is 410 g/mol. The van der Waals surface area contributed by atoms with Crippen LogP contribution in [0, 0.1) is 0 Å². The molecule has 2 N–H and O–H groups in total. The number of nitrogens with zero attached hydrogens (tertiary/aromatic N) is 2. The highest BCUT2D eigenvalue weighted by Gasteiger charge is 2.31. The van der Waals surface area contributed by atoms with E-state index in [1.165, 1.54) is 11.3 Å². The summed E-state index contributed by atoms with van der Waals surface area (Å²) < 4.78 is 33.5. The fourth-order valence-corrected chi connectivity index (χ4v) is 4.32. The number of thiazole rings is 1. The predicted molar refractivity (Wildman–Crippen MR) is 114 cm³/mol. The van der Waals surface area contributed by atoms with E-state index in [4.69, 9.17) is 4.74 Å². The van der Waals surface area contributed by atoms with Crippen LogP contribution in [0.2, 0.25) is 0 Å². The van der Waals surface area contributed by atoms with Crippen LogP contribution in [0.1, 0.15) is 16.0 Å². The Balaban J connectivity index is 1.67. The molecule has 0 radical (unpaired) electrons. The van der Waals surface area contributed by atoms with Crippen molar-refractivity contribution < 1.29 is 18.3 Å². The Morgan fingerprint density at radius 1 is 1.17 bits per heavy atom. The zero-order valence-corrected chi connectivity index (χ0v) is 16.7. The second kappa shape index (κ2) is 7.98. The summed E-state index contributed by atoms with van der Waals surface area (Å²) in [6.45, 7) is 0.271. The van der Waals surface area contributed by atoms with Crippen LogP contribution >= 0.6 is 11.3 Å². The van der Waals surface area contributed by atoms with Crippen molar-refractivity contribution in [2.24, 2.45) is 0 Å². The summed E-state index contributed by atoms with van der Waals surface area (Å²) in [5.41, 5.74) is 3.83. The molecule has 29 heavy (non-hydrogen) atoms. The van der Waals surface area contributed by atoms with Crippen LogP contribution in [0.5, 0.6) is 5.75 Å². The first kappa shape index (κ1) is 19.0. The maximum absolute atomic E-state index is 12.3. The Labute approximate surface area is 172 Å². The van der Waals surface area contributed by atoms with E-state index < -0.39 is 16.1 Å². The monoisotopic (exact) mass is 427 g/mol. The lowest BCUT2D eigenvalue weighted by Gasteiger charge is -2.19. The van der Waals surface area contributed by atoms with Crippen molar-refractivity contribution in [1.29, 1.82) is 0 Å². The number of hydrogen-bond acceptors (Lipinski definition) is 6. The third-order valence-electron chi connectivity index (χ3n) is 4.08. The average Bonchev–Trinajstić information content (AvgIpc) is 3.32. The van der Waals surface area contributed by atoms with Crippen LogP contribution in [-0.4, -0.2) is 18.5 Å². The highest BCUT2D eigenvalue weighted by molar-refractivity contribution is 7.91. The van der Waals surface area contributed by atoms with Crippen LogP contribution in [-0.2, 0) is 16.8 Å². The lowest BCUT2D eigenvalue weighted by atomic mass is 10.1. The average molecular weight is 428 g/mol. The van der Waals surface area contributed by atoms with Gasteiger partial charge < -0.3 is 9.84 Å². The molecule has 0 spiro atoms. The maximum Gasteiger partial charge on any atom is 0.330 e. The lowest BCUT2D eigenvalue weighted by molar-refractivity contribution is 0.307. The summed E-state index contributed by atoms with van der Waals surface area (Å²) in [5.74, 6) is -0.0789. The molecule has 9 heteroatoms. The van der Waals surface area contributed by atoms with Crippen molar-refractivity contribution >= 4 is 39.4 Å². The number of ether oxygens (including phenoxy) is 1.